The molecule has 2 rings (SSSR count). The van der Waals surface area contributed by atoms with E-state index in [0.717, 1.165) is 30.7 Å². The molecule has 2 atom stereocenters. The van der Waals surface area contributed by atoms with E-state index in [1.807, 2.05) is 11.6 Å². The molecule has 0 saturated carbocycles. The predicted octanol–water partition coefficient (Wildman–Crippen LogP) is 9.17. The van der Waals surface area contributed by atoms with Crippen molar-refractivity contribution in [1.82, 2.24) is 15.0 Å². The van der Waals surface area contributed by atoms with Crippen molar-refractivity contribution in [2.45, 2.75) is 135 Å². The zero-order chi connectivity index (χ0) is 30.5. The average Bonchev–Trinajstić information content (AvgIpc) is 3.54. The highest BCUT2D eigenvalue weighted by Crippen LogP contribution is 2.14. The molecule has 254 valence electrons. The lowest BCUT2D eigenvalue weighted by Gasteiger charge is -2.20. The summed E-state index contributed by atoms with van der Waals surface area (Å²) in [6.07, 6.45) is 29.2. The molecule has 0 aliphatic carbocycles. The summed E-state index contributed by atoms with van der Waals surface area (Å²) in [7, 11) is 0. The molecule has 0 amide bonds. The molecular formula is C34H60ClN3O4S2. The topological polar surface area (TPSA) is 89.4 Å². The smallest absolute Gasteiger partial charge is 0.316 e. The maximum Gasteiger partial charge on any atom is 0.316 e. The van der Waals surface area contributed by atoms with Gasteiger partial charge in [-0.1, -0.05) is 103 Å². The van der Waals surface area contributed by atoms with E-state index in [2.05, 4.69) is 21.9 Å². The van der Waals surface area contributed by atoms with Gasteiger partial charge >= 0.3 is 6.01 Å². The van der Waals surface area contributed by atoms with Crippen LogP contribution in [0.1, 0.15) is 128 Å². The molecule has 0 N–H and O–H groups in total. The van der Waals surface area contributed by atoms with Gasteiger partial charge in [0.25, 0.3) is 0 Å². The van der Waals surface area contributed by atoms with E-state index in [1.165, 1.54) is 96.3 Å². The van der Waals surface area contributed by atoms with Crippen LogP contribution < -0.4 is 4.74 Å². The number of halogens is 1. The Labute approximate surface area is 281 Å². The summed E-state index contributed by atoms with van der Waals surface area (Å²) in [6, 6.07) is 2.06. The normalized spacial score (nSPS) is 12.6. The number of nitrogens with zero attached hydrogens (tertiary/aromatic N) is 3. The van der Waals surface area contributed by atoms with Crippen molar-refractivity contribution in [3.63, 3.8) is 0 Å². The summed E-state index contributed by atoms with van der Waals surface area (Å²) in [5.74, 6) is 0.988. The van der Waals surface area contributed by atoms with Crippen molar-refractivity contribution >= 4 is 34.9 Å². The van der Waals surface area contributed by atoms with Crippen LogP contribution in [0.25, 0.3) is 0 Å². The number of ether oxygens (including phenoxy) is 3. The quantitative estimate of drug-likeness (QED) is 0.0582. The first-order valence-electron chi connectivity index (χ1n) is 17.1. The molecular weight excluding hydrogens is 614 g/mol. The number of aryl methyl sites for hydroxylation is 1. The summed E-state index contributed by atoms with van der Waals surface area (Å²) in [5.41, 5.74) is 0. The summed E-state index contributed by atoms with van der Waals surface area (Å²) < 4.78 is 30.4. The Balaban J connectivity index is 0.00000968. The summed E-state index contributed by atoms with van der Waals surface area (Å²) in [4.78, 5) is 12.6. The fourth-order valence-corrected chi connectivity index (χ4v) is 6.84. The lowest BCUT2D eigenvalue weighted by atomic mass is 10.0. The van der Waals surface area contributed by atoms with Crippen LogP contribution in [0.3, 0.4) is 0 Å². The second kappa shape index (κ2) is 30.7. The molecule has 0 fully saturated rings. The number of unbranched alkanes of at least 4 members (excludes halogenated alkanes) is 15. The van der Waals surface area contributed by atoms with Crippen molar-refractivity contribution in [3.05, 3.63) is 35.0 Å². The molecule has 0 bridgehead atoms. The van der Waals surface area contributed by atoms with Gasteiger partial charge in [-0.2, -0.15) is 0 Å². The predicted molar refractivity (Wildman–Crippen MR) is 188 cm³/mol. The summed E-state index contributed by atoms with van der Waals surface area (Å²) >= 11 is 0.657. The van der Waals surface area contributed by atoms with E-state index < -0.39 is 11.2 Å². The van der Waals surface area contributed by atoms with Crippen LogP contribution in [0.15, 0.2) is 30.0 Å². The van der Waals surface area contributed by atoms with Crippen molar-refractivity contribution in [1.29, 1.82) is 0 Å². The lowest BCUT2D eigenvalue weighted by Crippen LogP contribution is -2.33. The Morgan fingerprint density at radius 2 is 1.27 bits per heavy atom. The van der Waals surface area contributed by atoms with Gasteiger partial charge in [-0.15, -0.1) is 23.7 Å². The zero-order valence-corrected chi connectivity index (χ0v) is 29.8. The van der Waals surface area contributed by atoms with Gasteiger partial charge in [0, 0.05) is 50.0 Å². The number of hydrogen-bond acceptors (Lipinski definition) is 8. The highest BCUT2D eigenvalue weighted by atomic mass is 35.5. The molecule has 0 radical (unpaired) electrons. The minimum absolute atomic E-state index is 0. The Morgan fingerprint density at radius 3 is 1.86 bits per heavy atom. The second-order valence-electron chi connectivity index (χ2n) is 11.5. The minimum Gasteiger partial charge on any atom is -0.616 e. The van der Waals surface area contributed by atoms with Crippen LogP contribution in [-0.2, 0) is 27.1 Å². The van der Waals surface area contributed by atoms with Crippen molar-refractivity contribution < 1.29 is 18.8 Å². The SMILES string of the molecule is CCCCCCCCCCCCCCCCCCOCC(C[S+]([O-])CCCOCCCc1nccs1)Oc1ncccn1.Cl. The lowest BCUT2D eigenvalue weighted by molar-refractivity contribution is 0.0534. The third-order valence-electron chi connectivity index (χ3n) is 7.46. The Hall–Kier alpha value is -0.970. The van der Waals surface area contributed by atoms with Gasteiger partial charge in [-0.3, -0.25) is 0 Å². The van der Waals surface area contributed by atoms with Gasteiger partial charge in [-0.05, 0) is 30.1 Å². The highest BCUT2D eigenvalue weighted by molar-refractivity contribution is 7.91. The van der Waals surface area contributed by atoms with Gasteiger partial charge < -0.3 is 18.8 Å². The van der Waals surface area contributed by atoms with E-state index in [-0.39, 0.29) is 18.5 Å². The van der Waals surface area contributed by atoms with Crippen molar-refractivity contribution in [2.24, 2.45) is 0 Å². The molecule has 0 spiro atoms. The number of thiazole rings is 1. The van der Waals surface area contributed by atoms with Gasteiger partial charge in [0.1, 0.15) is 11.5 Å². The molecule has 44 heavy (non-hydrogen) atoms. The molecule has 0 aliphatic heterocycles. The first kappa shape index (κ1) is 41.1. The molecule has 2 aromatic rings. The molecule has 2 heterocycles. The van der Waals surface area contributed by atoms with E-state index in [1.54, 1.807) is 29.8 Å². The van der Waals surface area contributed by atoms with Crippen LogP contribution in [0.2, 0.25) is 0 Å². The van der Waals surface area contributed by atoms with Gasteiger partial charge in [0.2, 0.25) is 0 Å². The monoisotopic (exact) mass is 673 g/mol. The molecule has 0 aromatic carbocycles. The standard InChI is InChI=1S/C34H59N3O4S2.ClH/c1-2-3-4-5-6-7-8-9-10-11-12-13-14-15-16-17-25-40-30-32(41-34-36-22-19-23-37-34)31-43(38)29-20-27-39-26-18-21-33-35-24-28-42-33;/h19,22-24,28,32H,2-18,20-21,25-27,29-31H2,1H3;1H. The van der Waals surface area contributed by atoms with Crippen LogP contribution >= 0.6 is 23.7 Å². The molecule has 0 saturated heterocycles. The molecule has 0 aliphatic rings. The van der Waals surface area contributed by atoms with Crippen molar-refractivity contribution in [3.8, 4) is 6.01 Å². The third-order valence-corrected chi connectivity index (χ3v) is 9.78. The maximum atomic E-state index is 12.8. The fraction of sp³-hybridized carbons (Fsp3) is 0.794. The van der Waals surface area contributed by atoms with Crippen LogP contribution in [0.4, 0.5) is 0 Å². The number of hydrogen-bond donors (Lipinski definition) is 0. The van der Waals surface area contributed by atoms with E-state index in [9.17, 15) is 4.55 Å². The van der Waals surface area contributed by atoms with Crippen LogP contribution in [-0.4, -0.2) is 63.5 Å². The Kier molecular flexibility index (Phi) is 28.6. The molecule has 2 unspecified atom stereocenters. The van der Waals surface area contributed by atoms with Gasteiger partial charge in [0.15, 0.2) is 6.10 Å². The number of aromatic nitrogens is 3. The van der Waals surface area contributed by atoms with Crippen LogP contribution in [0.5, 0.6) is 6.01 Å². The largest absolute Gasteiger partial charge is 0.616 e. The Bertz CT molecular complexity index is 839. The molecule has 7 nitrogen and oxygen atoms in total. The second-order valence-corrected chi connectivity index (χ2v) is 14.1. The van der Waals surface area contributed by atoms with Gasteiger partial charge in [0.05, 0.1) is 18.2 Å². The minimum atomic E-state index is -1.02. The first-order chi connectivity index (χ1) is 21.3. The first-order valence-corrected chi connectivity index (χ1v) is 19.5. The van der Waals surface area contributed by atoms with E-state index in [4.69, 9.17) is 14.2 Å². The van der Waals surface area contributed by atoms with E-state index >= 15 is 0 Å². The van der Waals surface area contributed by atoms with Gasteiger partial charge in [-0.25, -0.2) is 15.0 Å². The third kappa shape index (κ3) is 24.3. The summed E-state index contributed by atoms with van der Waals surface area (Å²) in [5, 5.41) is 3.15. The number of rotatable bonds is 31. The summed E-state index contributed by atoms with van der Waals surface area (Å²) in [6.45, 7) is 4.71. The maximum absolute atomic E-state index is 12.8. The average molecular weight is 674 g/mol. The zero-order valence-electron chi connectivity index (χ0n) is 27.3. The highest BCUT2D eigenvalue weighted by Gasteiger charge is 2.20. The molecule has 10 heteroatoms. The van der Waals surface area contributed by atoms with E-state index in [0.29, 0.717) is 43.9 Å². The molecule has 2 aromatic heterocycles. The van der Waals surface area contributed by atoms with Crippen LogP contribution in [0, 0.1) is 0 Å². The van der Waals surface area contributed by atoms with Crippen molar-refractivity contribution in [2.75, 3.05) is 37.9 Å². The Morgan fingerprint density at radius 1 is 0.705 bits per heavy atom. The fourth-order valence-electron chi connectivity index (χ4n) is 5.00.